The molecule has 9 atom stereocenters. The molecule has 0 aromatic carbocycles. The highest BCUT2D eigenvalue weighted by Crippen LogP contribution is 2.71. The summed E-state index contributed by atoms with van der Waals surface area (Å²) in [6.07, 6.45) is 11.8. The number of esters is 1. The van der Waals surface area contributed by atoms with Crippen LogP contribution in [-0.4, -0.2) is 30.1 Å². The molecule has 6 rings (SSSR count). The number of allylic oxidation sites excluding steroid dienone is 2. The highest BCUT2D eigenvalue weighted by atomic mass is 16.6. The van der Waals surface area contributed by atoms with E-state index in [1.807, 2.05) is 13.0 Å². The van der Waals surface area contributed by atoms with Gasteiger partial charge in [-0.1, -0.05) is 58.1 Å². The van der Waals surface area contributed by atoms with Gasteiger partial charge in [-0.05, 0) is 62.5 Å². The minimum atomic E-state index is -0.739. The fraction of sp³-hybridized carbons (Fsp3) is 0.786. The van der Waals surface area contributed by atoms with E-state index in [1.165, 1.54) is 43.3 Å². The molecular formula is C28H38O4. The van der Waals surface area contributed by atoms with Crippen LogP contribution in [0.1, 0.15) is 79.6 Å². The van der Waals surface area contributed by atoms with Crippen molar-refractivity contribution in [1.29, 1.82) is 0 Å². The molecule has 0 bridgehead atoms. The smallest absolute Gasteiger partial charge is 0.316 e. The molecule has 0 radical (unpaired) electrons. The zero-order valence-electron chi connectivity index (χ0n) is 20.3. The van der Waals surface area contributed by atoms with Crippen molar-refractivity contribution in [1.82, 2.24) is 0 Å². The highest BCUT2D eigenvalue weighted by Gasteiger charge is 2.77. The summed E-state index contributed by atoms with van der Waals surface area (Å²) >= 11 is 0. The van der Waals surface area contributed by atoms with Gasteiger partial charge in [0.1, 0.15) is 12.2 Å². The Morgan fingerprint density at radius 1 is 1.06 bits per heavy atom. The molecule has 0 unspecified atom stereocenters. The molecule has 0 aromatic rings. The molecule has 6 aliphatic rings. The zero-order valence-corrected chi connectivity index (χ0v) is 20.3. The van der Waals surface area contributed by atoms with Gasteiger partial charge in [0.15, 0.2) is 5.78 Å². The highest BCUT2D eigenvalue weighted by molar-refractivity contribution is 6.00. The summed E-state index contributed by atoms with van der Waals surface area (Å²) in [5, 5.41) is 0. The number of ketones is 1. The van der Waals surface area contributed by atoms with Crippen LogP contribution >= 0.6 is 0 Å². The van der Waals surface area contributed by atoms with Gasteiger partial charge in [0.05, 0.1) is 11.5 Å². The lowest BCUT2D eigenvalue weighted by atomic mass is 9.42. The maximum absolute atomic E-state index is 13.6. The third kappa shape index (κ3) is 2.24. The first-order chi connectivity index (χ1) is 15.2. The fourth-order valence-electron chi connectivity index (χ4n) is 9.83. The Hall–Kier alpha value is -1.42. The van der Waals surface area contributed by atoms with Crippen LogP contribution in [0.3, 0.4) is 0 Å². The summed E-state index contributed by atoms with van der Waals surface area (Å²) in [4.78, 5) is 26.7. The van der Waals surface area contributed by atoms with Crippen LogP contribution in [0, 0.1) is 39.9 Å². The molecule has 0 N–H and O–H groups in total. The molecule has 174 valence electrons. The van der Waals surface area contributed by atoms with Gasteiger partial charge < -0.3 is 9.47 Å². The van der Waals surface area contributed by atoms with Crippen LogP contribution in [0.25, 0.3) is 0 Å². The summed E-state index contributed by atoms with van der Waals surface area (Å²) in [6.45, 7) is 11.0. The Bertz CT molecular complexity index is 941. The van der Waals surface area contributed by atoms with Gasteiger partial charge in [0.25, 0.3) is 0 Å². The van der Waals surface area contributed by atoms with E-state index in [9.17, 15) is 9.59 Å². The summed E-state index contributed by atoms with van der Waals surface area (Å²) in [5.74, 6) is 1.33. The van der Waals surface area contributed by atoms with Crippen LogP contribution < -0.4 is 0 Å². The predicted octanol–water partition coefficient (Wildman–Crippen LogP) is 5.41. The number of fused-ring (bicyclic) bond motifs is 4. The third-order valence-corrected chi connectivity index (χ3v) is 11.0. The van der Waals surface area contributed by atoms with Crippen molar-refractivity contribution in [3.05, 3.63) is 23.3 Å². The minimum absolute atomic E-state index is 0.114. The van der Waals surface area contributed by atoms with Gasteiger partial charge in [0.2, 0.25) is 0 Å². The van der Waals surface area contributed by atoms with Gasteiger partial charge >= 0.3 is 5.97 Å². The molecular weight excluding hydrogens is 400 g/mol. The van der Waals surface area contributed by atoms with Crippen LogP contribution in [0.5, 0.6) is 0 Å². The van der Waals surface area contributed by atoms with Crippen molar-refractivity contribution >= 4 is 11.8 Å². The minimum Gasteiger partial charge on any atom is -0.459 e. The Morgan fingerprint density at radius 3 is 2.47 bits per heavy atom. The second-order valence-corrected chi connectivity index (χ2v) is 12.2. The maximum atomic E-state index is 13.6. The maximum Gasteiger partial charge on any atom is 0.316 e. The number of ether oxygens (including phenoxy) is 2. The predicted molar refractivity (Wildman–Crippen MR) is 122 cm³/mol. The largest absolute Gasteiger partial charge is 0.459 e. The molecule has 4 heteroatoms. The van der Waals surface area contributed by atoms with E-state index in [0.717, 1.165) is 18.8 Å². The zero-order chi connectivity index (χ0) is 22.6. The number of rotatable bonds is 2. The first kappa shape index (κ1) is 21.1. The second-order valence-electron chi connectivity index (χ2n) is 12.2. The molecule has 0 spiro atoms. The van der Waals surface area contributed by atoms with E-state index < -0.39 is 10.8 Å². The molecule has 4 aliphatic carbocycles. The number of carbonyl (C=O) groups excluding carboxylic acids is 2. The van der Waals surface area contributed by atoms with E-state index in [1.54, 1.807) is 6.08 Å². The van der Waals surface area contributed by atoms with Crippen LogP contribution in [0.4, 0.5) is 0 Å². The molecule has 2 aliphatic heterocycles. The van der Waals surface area contributed by atoms with Crippen molar-refractivity contribution in [3.8, 4) is 0 Å². The lowest BCUT2D eigenvalue weighted by Crippen LogP contribution is -2.65. The van der Waals surface area contributed by atoms with E-state index in [4.69, 9.17) is 9.47 Å². The van der Waals surface area contributed by atoms with E-state index in [2.05, 4.69) is 27.7 Å². The fourth-order valence-corrected chi connectivity index (χ4v) is 9.83. The molecule has 4 nitrogen and oxygen atoms in total. The van der Waals surface area contributed by atoms with Crippen LogP contribution in [0.15, 0.2) is 23.3 Å². The average Bonchev–Trinajstić information content (AvgIpc) is 3.35. The van der Waals surface area contributed by atoms with Crippen LogP contribution in [0.2, 0.25) is 0 Å². The second kappa shape index (κ2) is 6.58. The summed E-state index contributed by atoms with van der Waals surface area (Å²) in [6, 6.07) is 0. The van der Waals surface area contributed by atoms with Gasteiger partial charge in [-0.15, -0.1) is 0 Å². The molecule has 2 heterocycles. The Morgan fingerprint density at radius 2 is 1.78 bits per heavy atom. The standard InChI is InChI=1S/C28H38O4/c1-6-19-27(4)20(29)12-13-26(3)23(27)22(32-25(26)30)24-28(19,5)21-15(2)17(14-18(21)31-24)16-10-8-7-9-11-16/h12-13,16-19,22-24H,6-11,14H2,1-5H3/t17-,18-,19-,22-,23+,24-,26-,27+,28-/m1/s1. The Labute approximate surface area is 192 Å². The van der Waals surface area contributed by atoms with E-state index in [0.29, 0.717) is 5.92 Å². The van der Waals surface area contributed by atoms with E-state index >= 15 is 0 Å². The Balaban J connectivity index is 1.50. The molecule has 0 amide bonds. The number of hydrogen-bond donors (Lipinski definition) is 0. The molecule has 0 aromatic heterocycles. The van der Waals surface area contributed by atoms with Crippen molar-refractivity contribution in [2.45, 2.75) is 97.9 Å². The summed E-state index contributed by atoms with van der Waals surface area (Å²) < 4.78 is 13.0. The molecule has 4 fully saturated rings. The number of hydrogen-bond acceptors (Lipinski definition) is 4. The first-order valence-electron chi connectivity index (χ1n) is 13.0. The van der Waals surface area contributed by atoms with Crippen molar-refractivity contribution in [2.24, 2.45) is 39.9 Å². The SMILES string of the molecule is CC[C@H]1[C@]2(C)C3=C(C)[C@H](C4CCCCC4)C[C@H]3O[C@@H]2[C@@H]2OC(=O)[C@]3(C)C=CC(=O)[C@@]1(C)[C@@H]23. The average molecular weight is 439 g/mol. The van der Waals surface area contributed by atoms with Gasteiger partial charge in [-0.25, -0.2) is 0 Å². The van der Waals surface area contributed by atoms with Crippen molar-refractivity contribution in [3.63, 3.8) is 0 Å². The topological polar surface area (TPSA) is 52.6 Å². The number of carbonyl (C=O) groups is 2. The van der Waals surface area contributed by atoms with Crippen molar-refractivity contribution in [2.75, 3.05) is 0 Å². The summed E-state index contributed by atoms with van der Waals surface area (Å²) in [5.41, 5.74) is 1.36. The van der Waals surface area contributed by atoms with Crippen molar-refractivity contribution < 1.29 is 19.1 Å². The third-order valence-electron chi connectivity index (χ3n) is 11.0. The van der Waals surface area contributed by atoms with E-state index in [-0.39, 0.29) is 47.3 Å². The first-order valence-corrected chi connectivity index (χ1v) is 13.0. The normalized spacial score (nSPS) is 52.2. The monoisotopic (exact) mass is 438 g/mol. The molecule has 2 saturated carbocycles. The molecule has 32 heavy (non-hydrogen) atoms. The van der Waals surface area contributed by atoms with Gasteiger partial charge in [0, 0.05) is 16.7 Å². The lowest BCUT2D eigenvalue weighted by Gasteiger charge is -2.59. The quantitative estimate of drug-likeness (QED) is 0.427. The summed E-state index contributed by atoms with van der Waals surface area (Å²) in [7, 11) is 0. The lowest BCUT2D eigenvalue weighted by molar-refractivity contribution is -0.186. The molecule has 2 saturated heterocycles. The van der Waals surface area contributed by atoms with Gasteiger partial charge in [-0.3, -0.25) is 9.59 Å². The van der Waals surface area contributed by atoms with Gasteiger partial charge in [-0.2, -0.15) is 0 Å². The Kier molecular flexibility index (Phi) is 4.35. The van der Waals surface area contributed by atoms with Crippen LogP contribution in [-0.2, 0) is 19.1 Å².